The van der Waals surface area contributed by atoms with Gasteiger partial charge in [0.1, 0.15) is 5.76 Å². The maximum atomic E-state index is 5.55. The predicted molar refractivity (Wildman–Crippen MR) is 58.7 cm³/mol. The molecular weight excluding hydrogens is 160 g/mol. The molecule has 0 bridgehead atoms. The lowest BCUT2D eigenvalue weighted by Crippen LogP contribution is -1.90. The van der Waals surface area contributed by atoms with Crippen molar-refractivity contribution < 1.29 is 4.74 Å². The van der Waals surface area contributed by atoms with Gasteiger partial charge in [0.05, 0.1) is 6.61 Å². The van der Waals surface area contributed by atoms with Crippen molar-refractivity contribution in [2.75, 3.05) is 6.61 Å². The predicted octanol–water partition coefficient (Wildman–Crippen LogP) is 4.06. The topological polar surface area (TPSA) is 9.23 Å². The molecule has 0 saturated heterocycles. The van der Waals surface area contributed by atoms with Crippen LogP contribution in [0.5, 0.6) is 0 Å². The van der Waals surface area contributed by atoms with Crippen LogP contribution in [0.3, 0.4) is 0 Å². The van der Waals surface area contributed by atoms with Crippen molar-refractivity contribution >= 4 is 0 Å². The number of rotatable bonds is 7. The molecule has 0 radical (unpaired) electrons. The minimum Gasteiger partial charge on any atom is -0.494 e. The van der Waals surface area contributed by atoms with E-state index in [4.69, 9.17) is 4.74 Å². The summed E-state index contributed by atoms with van der Waals surface area (Å²) in [5.74, 6) is 1.03. The van der Waals surface area contributed by atoms with Gasteiger partial charge in [-0.3, -0.25) is 0 Å². The molecule has 0 fully saturated rings. The second-order valence-corrected chi connectivity index (χ2v) is 3.05. The van der Waals surface area contributed by atoms with Gasteiger partial charge in [0, 0.05) is 0 Å². The van der Waals surface area contributed by atoms with Crippen molar-refractivity contribution in [2.45, 2.75) is 46.5 Å². The maximum Gasteiger partial charge on any atom is 0.114 e. The summed E-state index contributed by atoms with van der Waals surface area (Å²) in [5, 5.41) is 0. The molecule has 76 valence electrons. The third-order valence-corrected chi connectivity index (χ3v) is 1.62. The van der Waals surface area contributed by atoms with Crippen LogP contribution >= 0.6 is 0 Å². The molecule has 0 atom stereocenters. The first kappa shape index (κ1) is 12.3. The smallest absolute Gasteiger partial charge is 0.114 e. The first-order chi connectivity index (χ1) is 6.35. The van der Waals surface area contributed by atoms with Crippen molar-refractivity contribution in [3.63, 3.8) is 0 Å². The number of hydrogen-bond donors (Lipinski definition) is 0. The minimum absolute atomic E-state index is 0.822. The van der Waals surface area contributed by atoms with Gasteiger partial charge in [-0.05, 0) is 31.4 Å². The van der Waals surface area contributed by atoms with E-state index in [0.29, 0.717) is 0 Å². The van der Waals surface area contributed by atoms with Crippen molar-refractivity contribution in [1.82, 2.24) is 0 Å². The zero-order valence-electron chi connectivity index (χ0n) is 9.18. The normalized spacial score (nSPS) is 12.4. The van der Waals surface area contributed by atoms with Gasteiger partial charge in [-0.25, -0.2) is 0 Å². The lowest BCUT2D eigenvalue weighted by Gasteiger charge is -2.04. The molecule has 0 unspecified atom stereocenters. The third-order valence-electron chi connectivity index (χ3n) is 1.62. The van der Waals surface area contributed by atoms with Crippen LogP contribution in [0.2, 0.25) is 0 Å². The summed E-state index contributed by atoms with van der Waals surface area (Å²) in [6.07, 6.45) is 10.8. The van der Waals surface area contributed by atoms with E-state index in [1.54, 1.807) is 0 Å². The number of unbranched alkanes of at least 4 members (excludes halogenated alkanes) is 1. The lowest BCUT2D eigenvalue weighted by molar-refractivity contribution is 0.223. The van der Waals surface area contributed by atoms with Gasteiger partial charge in [0.15, 0.2) is 0 Å². The maximum absolute atomic E-state index is 5.55. The molecule has 0 N–H and O–H groups in total. The molecule has 1 heteroatoms. The summed E-state index contributed by atoms with van der Waals surface area (Å²) in [7, 11) is 0. The standard InChI is InChI=1S/C12H22O/c1-4-7-8-10-12(9-5-2)13-11-6-3/h8-10H,4-7,11H2,1-3H3/b10-8?,12-9+. The van der Waals surface area contributed by atoms with Crippen molar-refractivity contribution in [3.8, 4) is 0 Å². The molecule has 0 aliphatic rings. The van der Waals surface area contributed by atoms with E-state index in [2.05, 4.69) is 39.0 Å². The molecule has 0 spiro atoms. The largest absolute Gasteiger partial charge is 0.494 e. The second-order valence-electron chi connectivity index (χ2n) is 3.05. The van der Waals surface area contributed by atoms with Crippen LogP contribution in [0, 0.1) is 0 Å². The monoisotopic (exact) mass is 182 g/mol. The van der Waals surface area contributed by atoms with Gasteiger partial charge in [-0.1, -0.05) is 33.3 Å². The highest BCUT2D eigenvalue weighted by Crippen LogP contribution is 2.03. The number of ether oxygens (including phenoxy) is 1. The van der Waals surface area contributed by atoms with Gasteiger partial charge in [0.2, 0.25) is 0 Å². The van der Waals surface area contributed by atoms with Crippen molar-refractivity contribution in [2.24, 2.45) is 0 Å². The van der Waals surface area contributed by atoms with Crippen LogP contribution in [-0.2, 0) is 4.74 Å². The summed E-state index contributed by atoms with van der Waals surface area (Å²) in [6, 6.07) is 0. The fraction of sp³-hybridized carbons (Fsp3) is 0.667. The van der Waals surface area contributed by atoms with E-state index >= 15 is 0 Å². The fourth-order valence-corrected chi connectivity index (χ4v) is 0.962. The lowest BCUT2D eigenvalue weighted by atomic mass is 10.3. The Balaban J connectivity index is 3.87. The molecule has 0 saturated carbocycles. The van der Waals surface area contributed by atoms with E-state index in [0.717, 1.165) is 31.6 Å². The van der Waals surface area contributed by atoms with Gasteiger partial charge >= 0.3 is 0 Å². The number of allylic oxidation sites excluding steroid dienone is 3. The van der Waals surface area contributed by atoms with Gasteiger partial charge in [-0.2, -0.15) is 0 Å². The molecule has 0 heterocycles. The fourth-order valence-electron chi connectivity index (χ4n) is 0.962. The summed E-state index contributed by atoms with van der Waals surface area (Å²) in [4.78, 5) is 0. The molecule has 0 amide bonds. The van der Waals surface area contributed by atoms with Crippen molar-refractivity contribution in [1.29, 1.82) is 0 Å². The molecule has 1 nitrogen and oxygen atoms in total. The van der Waals surface area contributed by atoms with Crippen molar-refractivity contribution in [3.05, 3.63) is 24.0 Å². The zero-order valence-corrected chi connectivity index (χ0v) is 9.18. The Morgan fingerprint density at radius 3 is 2.46 bits per heavy atom. The Kier molecular flexibility index (Phi) is 8.85. The van der Waals surface area contributed by atoms with E-state index in [-0.39, 0.29) is 0 Å². The van der Waals surface area contributed by atoms with Crippen LogP contribution in [0.1, 0.15) is 46.5 Å². The SMILES string of the molecule is CC/C=C(\C=CCCC)OCCC. The Hall–Kier alpha value is -0.720. The number of hydrogen-bond acceptors (Lipinski definition) is 1. The van der Waals surface area contributed by atoms with Gasteiger partial charge < -0.3 is 4.74 Å². The van der Waals surface area contributed by atoms with Crippen LogP contribution in [0.15, 0.2) is 24.0 Å². The van der Waals surface area contributed by atoms with E-state index in [9.17, 15) is 0 Å². The summed E-state index contributed by atoms with van der Waals surface area (Å²) in [5.41, 5.74) is 0. The Morgan fingerprint density at radius 2 is 1.92 bits per heavy atom. The summed E-state index contributed by atoms with van der Waals surface area (Å²) in [6.45, 7) is 7.25. The molecule has 0 aromatic carbocycles. The Bertz CT molecular complexity index is 157. The molecule has 13 heavy (non-hydrogen) atoms. The van der Waals surface area contributed by atoms with Gasteiger partial charge in [0.25, 0.3) is 0 Å². The van der Waals surface area contributed by atoms with Gasteiger partial charge in [-0.15, -0.1) is 0 Å². The minimum atomic E-state index is 0.822. The summed E-state index contributed by atoms with van der Waals surface area (Å²) >= 11 is 0. The molecular formula is C12H22O. The second kappa shape index (κ2) is 9.37. The highest BCUT2D eigenvalue weighted by atomic mass is 16.5. The Morgan fingerprint density at radius 1 is 1.15 bits per heavy atom. The molecule has 0 rings (SSSR count). The first-order valence-corrected chi connectivity index (χ1v) is 5.34. The van der Waals surface area contributed by atoms with Crippen LogP contribution in [0.25, 0.3) is 0 Å². The molecule has 0 aliphatic carbocycles. The van der Waals surface area contributed by atoms with E-state index < -0.39 is 0 Å². The highest BCUT2D eigenvalue weighted by molar-refractivity contribution is 5.11. The van der Waals surface area contributed by atoms with Crippen LogP contribution in [0.4, 0.5) is 0 Å². The average Bonchev–Trinajstić information content (AvgIpc) is 2.14. The molecule has 0 aromatic rings. The summed E-state index contributed by atoms with van der Waals surface area (Å²) < 4.78 is 5.55. The van der Waals surface area contributed by atoms with E-state index in [1.807, 2.05) is 0 Å². The Labute approximate surface area is 82.5 Å². The molecule has 0 aromatic heterocycles. The van der Waals surface area contributed by atoms with Crippen LogP contribution in [-0.4, -0.2) is 6.61 Å². The highest BCUT2D eigenvalue weighted by Gasteiger charge is 1.89. The zero-order chi connectivity index (χ0) is 9.94. The first-order valence-electron chi connectivity index (χ1n) is 5.34. The third kappa shape index (κ3) is 7.63. The molecule has 0 aliphatic heterocycles. The van der Waals surface area contributed by atoms with E-state index in [1.165, 1.54) is 6.42 Å². The average molecular weight is 182 g/mol. The quantitative estimate of drug-likeness (QED) is 0.426. The van der Waals surface area contributed by atoms with Crippen LogP contribution < -0.4 is 0 Å².